The Kier molecular flexibility index (Phi) is 3.34. The fraction of sp³-hybridized carbons (Fsp3) is 0. The molecular weight excluding hydrogens is 288 g/mol. The van der Waals surface area contributed by atoms with Gasteiger partial charge in [0.15, 0.2) is 0 Å². The summed E-state index contributed by atoms with van der Waals surface area (Å²) in [5.41, 5.74) is -0.0922. The summed E-state index contributed by atoms with van der Waals surface area (Å²) in [6.07, 6.45) is 1.16. The topological polar surface area (TPSA) is 65.3 Å². The van der Waals surface area contributed by atoms with Crippen LogP contribution in [0.4, 0.5) is 5.69 Å². The Morgan fingerprint density at radius 2 is 2.00 bits per heavy atom. The first-order valence-corrected chi connectivity index (χ1v) is 5.49. The molecule has 2 rings (SSSR count). The first-order chi connectivity index (χ1) is 8.16. The van der Waals surface area contributed by atoms with Crippen LogP contribution in [0.5, 0.6) is 11.6 Å². The molecule has 0 aliphatic heterocycles. The lowest BCUT2D eigenvalue weighted by Crippen LogP contribution is -1.93. The number of hydrogen-bond acceptors (Lipinski definition) is 4. The van der Waals surface area contributed by atoms with E-state index in [9.17, 15) is 10.1 Å². The van der Waals surface area contributed by atoms with Gasteiger partial charge in [-0.3, -0.25) is 10.1 Å². The molecule has 0 amide bonds. The van der Waals surface area contributed by atoms with Crippen molar-refractivity contribution >= 4 is 21.6 Å². The second-order valence-corrected chi connectivity index (χ2v) is 4.00. The number of ether oxygens (including phenoxy) is 1. The van der Waals surface area contributed by atoms with Gasteiger partial charge in [-0.1, -0.05) is 18.2 Å². The molecule has 0 unspecified atom stereocenters. The van der Waals surface area contributed by atoms with Crippen LogP contribution in [0.3, 0.4) is 0 Å². The molecule has 6 heteroatoms. The lowest BCUT2D eigenvalue weighted by molar-refractivity contribution is -0.386. The van der Waals surface area contributed by atoms with Gasteiger partial charge in [-0.05, 0) is 28.1 Å². The number of rotatable bonds is 3. The molecule has 1 aromatic carbocycles. The first kappa shape index (κ1) is 11.5. The summed E-state index contributed by atoms with van der Waals surface area (Å²) >= 11 is 3.10. The number of halogens is 1. The minimum absolute atomic E-state index is 0.0922. The zero-order chi connectivity index (χ0) is 12.3. The molecule has 0 saturated carbocycles. The van der Waals surface area contributed by atoms with Crippen molar-refractivity contribution in [3.63, 3.8) is 0 Å². The highest BCUT2D eigenvalue weighted by Gasteiger charge is 2.13. The molecule has 0 fully saturated rings. The number of pyridine rings is 1. The maximum Gasteiger partial charge on any atom is 0.301 e. The van der Waals surface area contributed by atoms with E-state index in [-0.39, 0.29) is 5.69 Å². The third-order valence-electron chi connectivity index (χ3n) is 1.97. The molecule has 0 aliphatic rings. The average Bonchev–Trinajstić information content (AvgIpc) is 2.30. The van der Waals surface area contributed by atoms with E-state index in [1.165, 1.54) is 6.07 Å². The summed E-state index contributed by atoms with van der Waals surface area (Å²) < 4.78 is 5.77. The number of para-hydroxylation sites is 1. The summed E-state index contributed by atoms with van der Waals surface area (Å²) in [6, 6.07) is 10.5. The lowest BCUT2D eigenvalue weighted by Gasteiger charge is -2.04. The van der Waals surface area contributed by atoms with E-state index in [2.05, 4.69) is 20.9 Å². The molecule has 0 saturated heterocycles. The molecule has 0 radical (unpaired) electrons. The van der Waals surface area contributed by atoms with Crippen LogP contribution >= 0.6 is 15.9 Å². The second kappa shape index (κ2) is 4.92. The number of aromatic nitrogens is 1. The number of hydrogen-bond donors (Lipinski definition) is 0. The molecule has 0 spiro atoms. The monoisotopic (exact) mass is 294 g/mol. The molecule has 17 heavy (non-hydrogen) atoms. The quantitative estimate of drug-likeness (QED) is 0.641. The number of nitrogens with zero attached hydrogens (tertiary/aromatic N) is 2. The molecule has 0 N–H and O–H groups in total. The van der Waals surface area contributed by atoms with Crippen molar-refractivity contribution in [3.05, 3.63) is 57.2 Å². The van der Waals surface area contributed by atoms with Gasteiger partial charge in [-0.2, -0.15) is 0 Å². The van der Waals surface area contributed by atoms with Crippen molar-refractivity contribution in [2.45, 2.75) is 0 Å². The SMILES string of the molecule is O=[N+]([O-])c1cnc(Oc2ccccc2)cc1Br. The van der Waals surface area contributed by atoms with Gasteiger partial charge >= 0.3 is 5.69 Å². The average molecular weight is 295 g/mol. The Bertz CT molecular complexity index is 546. The van der Waals surface area contributed by atoms with E-state index in [1.54, 1.807) is 12.1 Å². The fourth-order valence-electron chi connectivity index (χ4n) is 1.21. The van der Waals surface area contributed by atoms with Crippen molar-refractivity contribution in [2.75, 3.05) is 0 Å². The van der Waals surface area contributed by atoms with Crippen LogP contribution in [0.15, 0.2) is 47.1 Å². The standard InChI is InChI=1S/C11H7BrN2O3/c12-9-6-11(13-7-10(9)14(15)16)17-8-4-2-1-3-5-8/h1-7H. The van der Waals surface area contributed by atoms with Crippen molar-refractivity contribution in [1.29, 1.82) is 0 Å². The van der Waals surface area contributed by atoms with Gasteiger partial charge in [-0.15, -0.1) is 0 Å². The van der Waals surface area contributed by atoms with Crippen molar-refractivity contribution in [1.82, 2.24) is 4.98 Å². The Morgan fingerprint density at radius 3 is 2.59 bits per heavy atom. The molecule has 1 aromatic heterocycles. The summed E-state index contributed by atoms with van der Waals surface area (Å²) in [5.74, 6) is 0.925. The Balaban J connectivity index is 2.24. The van der Waals surface area contributed by atoms with Gasteiger partial charge < -0.3 is 4.74 Å². The van der Waals surface area contributed by atoms with Gasteiger partial charge in [-0.25, -0.2) is 4.98 Å². The lowest BCUT2D eigenvalue weighted by atomic mass is 10.3. The van der Waals surface area contributed by atoms with Crippen LogP contribution in [0.25, 0.3) is 0 Å². The maximum absolute atomic E-state index is 10.6. The van der Waals surface area contributed by atoms with E-state index in [1.807, 2.05) is 18.2 Å². The summed E-state index contributed by atoms with van der Waals surface area (Å²) in [4.78, 5) is 13.9. The summed E-state index contributed by atoms with van der Waals surface area (Å²) in [6.45, 7) is 0. The molecule has 0 aliphatic carbocycles. The van der Waals surface area contributed by atoms with Crippen LogP contribution in [0.1, 0.15) is 0 Å². The van der Waals surface area contributed by atoms with E-state index in [4.69, 9.17) is 4.74 Å². The van der Waals surface area contributed by atoms with Crippen LogP contribution in [0, 0.1) is 10.1 Å². The predicted octanol–water partition coefficient (Wildman–Crippen LogP) is 3.54. The Morgan fingerprint density at radius 1 is 1.29 bits per heavy atom. The molecule has 2 aromatic rings. The normalized spacial score (nSPS) is 9.94. The highest BCUT2D eigenvalue weighted by atomic mass is 79.9. The van der Waals surface area contributed by atoms with Crippen molar-refractivity contribution < 1.29 is 9.66 Å². The van der Waals surface area contributed by atoms with Gasteiger partial charge in [0.2, 0.25) is 5.88 Å². The van der Waals surface area contributed by atoms with Crippen molar-refractivity contribution in [3.8, 4) is 11.6 Å². The Hall–Kier alpha value is -1.95. The van der Waals surface area contributed by atoms with Gasteiger partial charge in [0.05, 0.1) is 4.92 Å². The predicted molar refractivity (Wildman–Crippen MR) is 65.1 cm³/mol. The number of nitro groups is 1. The number of benzene rings is 1. The second-order valence-electron chi connectivity index (χ2n) is 3.15. The first-order valence-electron chi connectivity index (χ1n) is 4.69. The Labute approximate surface area is 105 Å². The zero-order valence-electron chi connectivity index (χ0n) is 8.54. The van der Waals surface area contributed by atoms with E-state index >= 15 is 0 Å². The largest absolute Gasteiger partial charge is 0.439 e. The molecule has 1 heterocycles. The fourth-order valence-corrected chi connectivity index (χ4v) is 1.65. The third-order valence-corrected chi connectivity index (χ3v) is 2.61. The molecule has 0 bridgehead atoms. The molecule has 0 atom stereocenters. The van der Waals surface area contributed by atoms with Crippen LogP contribution < -0.4 is 4.74 Å². The zero-order valence-corrected chi connectivity index (χ0v) is 10.1. The molecule has 5 nitrogen and oxygen atoms in total. The van der Waals surface area contributed by atoms with Crippen molar-refractivity contribution in [2.24, 2.45) is 0 Å². The minimum atomic E-state index is -0.511. The third kappa shape index (κ3) is 2.79. The van der Waals surface area contributed by atoms with Crippen LogP contribution in [-0.4, -0.2) is 9.91 Å². The highest BCUT2D eigenvalue weighted by molar-refractivity contribution is 9.10. The van der Waals surface area contributed by atoms with Gasteiger partial charge in [0, 0.05) is 6.07 Å². The smallest absolute Gasteiger partial charge is 0.301 e. The molecular formula is C11H7BrN2O3. The summed E-state index contributed by atoms with van der Waals surface area (Å²) in [5, 5.41) is 10.6. The highest BCUT2D eigenvalue weighted by Crippen LogP contribution is 2.28. The minimum Gasteiger partial charge on any atom is -0.439 e. The van der Waals surface area contributed by atoms with E-state index < -0.39 is 4.92 Å². The molecule has 86 valence electrons. The van der Waals surface area contributed by atoms with Gasteiger partial charge in [0.1, 0.15) is 16.4 Å². The van der Waals surface area contributed by atoms with E-state index in [0.717, 1.165) is 6.20 Å². The summed E-state index contributed by atoms with van der Waals surface area (Å²) in [7, 11) is 0. The maximum atomic E-state index is 10.6. The van der Waals surface area contributed by atoms with Crippen LogP contribution in [-0.2, 0) is 0 Å². The van der Waals surface area contributed by atoms with Crippen LogP contribution in [0.2, 0.25) is 0 Å². The van der Waals surface area contributed by atoms with Gasteiger partial charge in [0.25, 0.3) is 0 Å². The van der Waals surface area contributed by atoms with E-state index in [0.29, 0.717) is 16.1 Å².